The molecule has 0 aliphatic heterocycles. The summed E-state index contributed by atoms with van der Waals surface area (Å²) in [7, 11) is 0. The summed E-state index contributed by atoms with van der Waals surface area (Å²) >= 11 is 0. The first-order valence-corrected chi connectivity index (χ1v) is 5.96. The van der Waals surface area contributed by atoms with Gasteiger partial charge in [-0.25, -0.2) is 0 Å². The van der Waals surface area contributed by atoms with Crippen LogP contribution in [0.2, 0.25) is 0 Å². The molecule has 0 atom stereocenters. The fourth-order valence-electron chi connectivity index (χ4n) is 1.90. The van der Waals surface area contributed by atoms with Crippen LogP contribution in [0.1, 0.15) is 41.1 Å². The van der Waals surface area contributed by atoms with Crippen molar-refractivity contribution in [2.24, 2.45) is 0 Å². The van der Waals surface area contributed by atoms with Crippen LogP contribution in [-0.4, -0.2) is 5.78 Å². The minimum atomic E-state index is -0.0258. The number of hydrogen-bond donors (Lipinski definition) is 0. The van der Waals surface area contributed by atoms with Gasteiger partial charge in [0.1, 0.15) is 0 Å². The van der Waals surface area contributed by atoms with Crippen molar-refractivity contribution in [1.29, 1.82) is 0 Å². The van der Waals surface area contributed by atoms with Gasteiger partial charge < -0.3 is 4.42 Å². The number of benzene rings is 1. The second-order valence-corrected chi connectivity index (χ2v) is 4.01. The molecule has 0 amide bonds. The van der Waals surface area contributed by atoms with Gasteiger partial charge in [0.05, 0.1) is 6.26 Å². The van der Waals surface area contributed by atoms with Crippen LogP contribution in [0.25, 0.3) is 0 Å². The third-order valence-corrected chi connectivity index (χ3v) is 2.95. The molecule has 0 aliphatic carbocycles. The van der Waals surface area contributed by atoms with Crippen LogP contribution in [0.3, 0.4) is 0 Å². The lowest BCUT2D eigenvalue weighted by molar-refractivity contribution is 0.101. The predicted molar refractivity (Wildman–Crippen MR) is 67.3 cm³/mol. The quantitative estimate of drug-likeness (QED) is 0.748. The van der Waals surface area contributed by atoms with Crippen LogP contribution in [0.4, 0.5) is 0 Å². The van der Waals surface area contributed by atoms with Gasteiger partial charge in [-0.3, -0.25) is 4.79 Å². The van der Waals surface area contributed by atoms with Crippen LogP contribution in [-0.2, 0) is 12.8 Å². The third-order valence-electron chi connectivity index (χ3n) is 2.95. The summed E-state index contributed by atoms with van der Waals surface area (Å²) in [5.74, 6) is 0.384. The molecule has 17 heavy (non-hydrogen) atoms. The molecule has 1 aromatic heterocycles. The molecule has 0 radical (unpaired) electrons. The van der Waals surface area contributed by atoms with E-state index in [1.54, 1.807) is 12.1 Å². The zero-order chi connectivity index (χ0) is 12.3. The van der Waals surface area contributed by atoms with E-state index in [1.807, 2.05) is 12.1 Å². The molecule has 0 saturated heterocycles. The molecule has 2 aromatic rings. The molecule has 0 N–H and O–H groups in total. The molecule has 1 aromatic carbocycles. The maximum absolute atomic E-state index is 12.3. The molecule has 2 heteroatoms. The van der Waals surface area contributed by atoms with Crippen molar-refractivity contribution >= 4 is 5.78 Å². The smallest absolute Gasteiger partial charge is 0.228 e. The Kier molecular flexibility index (Phi) is 3.43. The molecule has 0 aliphatic rings. The van der Waals surface area contributed by atoms with Crippen LogP contribution in [0, 0.1) is 0 Å². The summed E-state index contributed by atoms with van der Waals surface area (Å²) in [6, 6.07) is 9.54. The highest BCUT2D eigenvalue weighted by Crippen LogP contribution is 2.18. The van der Waals surface area contributed by atoms with Gasteiger partial charge in [0.15, 0.2) is 5.76 Å². The number of aryl methyl sites for hydroxylation is 2. The minimum absolute atomic E-state index is 0.0258. The van der Waals surface area contributed by atoms with E-state index >= 15 is 0 Å². The summed E-state index contributed by atoms with van der Waals surface area (Å²) in [5.41, 5.74) is 3.02. The lowest BCUT2D eigenvalue weighted by atomic mass is 9.97. The van der Waals surface area contributed by atoms with Gasteiger partial charge in [-0.2, -0.15) is 0 Å². The third kappa shape index (κ3) is 2.31. The first-order chi connectivity index (χ1) is 8.26. The van der Waals surface area contributed by atoms with Gasteiger partial charge in [0.25, 0.3) is 0 Å². The zero-order valence-electron chi connectivity index (χ0n) is 10.2. The van der Waals surface area contributed by atoms with E-state index in [0.717, 1.165) is 24.0 Å². The predicted octanol–water partition coefficient (Wildman–Crippen LogP) is 3.64. The van der Waals surface area contributed by atoms with Gasteiger partial charge >= 0.3 is 0 Å². The van der Waals surface area contributed by atoms with Gasteiger partial charge in [0, 0.05) is 5.56 Å². The van der Waals surface area contributed by atoms with E-state index in [1.165, 1.54) is 11.8 Å². The Labute approximate surface area is 101 Å². The molecule has 2 nitrogen and oxygen atoms in total. The van der Waals surface area contributed by atoms with E-state index < -0.39 is 0 Å². The van der Waals surface area contributed by atoms with E-state index in [9.17, 15) is 4.79 Å². The van der Waals surface area contributed by atoms with Crippen molar-refractivity contribution in [3.05, 3.63) is 59.0 Å². The fraction of sp³-hybridized carbons (Fsp3) is 0.267. The molecule has 0 saturated carbocycles. The normalized spacial score (nSPS) is 10.5. The van der Waals surface area contributed by atoms with Gasteiger partial charge in [-0.05, 0) is 42.2 Å². The summed E-state index contributed by atoms with van der Waals surface area (Å²) in [6.07, 6.45) is 3.32. The van der Waals surface area contributed by atoms with Crippen LogP contribution in [0.5, 0.6) is 0 Å². The summed E-state index contributed by atoms with van der Waals surface area (Å²) < 4.78 is 5.17. The van der Waals surface area contributed by atoms with Crippen molar-refractivity contribution in [2.75, 3.05) is 0 Å². The number of rotatable bonds is 4. The van der Waals surface area contributed by atoms with Crippen molar-refractivity contribution < 1.29 is 9.21 Å². The Morgan fingerprint density at radius 2 is 2.00 bits per heavy atom. The van der Waals surface area contributed by atoms with Crippen molar-refractivity contribution in [2.45, 2.75) is 26.7 Å². The highest BCUT2D eigenvalue weighted by atomic mass is 16.3. The Morgan fingerprint density at radius 3 is 2.59 bits per heavy atom. The molecule has 0 spiro atoms. The number of ketones is 1. The van der Waals surface area contributed by atoms with Crippen LogP contribution < -0.4 is 0 Å². The topological polar surface area (TPSA) is 30.2 Å². The Bertz CT molecular complexity index is 510. The van der Waals surface area contributed by atoms with E-state index in [0.29, 0.717) is 5.76 Å². The molecule has 0 bridgehead atoms. The summed E-state index contributed by atoms with van der Waals surface area (Å²) in [4.78, 5) is 12.3. The Morgan fingerprint density at radius 1 is 1.18 bits per heavy atom. The van der Waals surface area contributed by atoms with Crippen LogP contribution >= 0.6 is 0 Å². The number of hydrogen-bond acceptors (Lipinski definition) is 2. The molecule has 0 fully saturated rings. The average Bonchev–Trinajstić information content (AvgIpc) is 2.91. The monoisotopic (exact) mass is 228 g/mol. The lowest BCUT2D eigenvalue weighted by Crippen LogP contribution is -2.05. The Hall–Kier alpha value is -1.83. The van der Waals surface area contributed by atoms with Crippen molar-refractivity contribution in [3.8, 4) is 0 Å². The Balaban J connectivity index is 2.45. The fourth-order valence-corrected chi connectivity index (χ4v) is 1.90. The standard InChI is InChI=1S/C15H16O2/c1-3-11-7-8-12(4-2)13(10-11)15(16)14-6-5-9-17-14/h5-10H,3-4H2,1-2H3. The number of furan rings is 1. The molecule has 0 unspecified atom stereocenters. The second-order valence-electron chi connectivity index (χ2n) is 4.01. The summed E-state index contributed by atoms with van der Waals surface area (Å²) in [6.45, 7) is 4.14. The first kappa shape index (κ1) is 11.6. The molecular formula is C15H16O2. The van der Waals surface area contributed by atoms with Crippen molar-refractivity contribution in [1.82, 2.24) is 0 Å². The highest BCUT2D eigenvalue weighted by Gasteiger charge is 2.15. The van der Waals surface area contributed by atoms with E-state index in [2.05, 4.69) is 19.9 Å². The maximum atomic E-state index is 12.3. The summed E-state index contributed by atoms with van der Waals surface area (Å²) in [5, 5.41) is 0. The SMILES string of the molecule is CCc1ccc(CC)c(C(=O)c2ccco2)c1. The maximum Gasteiger partial charge on any atom is 0.228 e. The number of carbonyl (C=O) groups excluding carboxylic acids is 1. The minimum Gasteiger partial charge on any atom is -0.461 e. The van der Waals surface area contributed by atoms with E-state index in [4.69, 9.17) is 4.42 Å². The molecule has 1 heterocycles. The van der Waals surface area contributed by atoms with E-state index in [-0.39, 0.29) is 5.78 Å². The first-order valence-electron chi connectivity index (χ1n) is 5.96. The highest BCUT2D eigenvalue weighted by molar-refractivity contribution is 6.08. The van der Waals surface area contributed by atoms with Crippen molar-refractivity contribution in [3.63, 3.8) is 0 Å². The molecule has 88 valence electrons. The van der Waals surface area contributed by atoms with Gasteiger partial charge in [0.2, 0.25) is 5.78 Å². The molecule has 2 rings (SSSR count). The lowest BCUT2D eigenvalue weighted by Gasteiger charge is -2.07. The average molecular weight is 228 g/mol. The largest absolute Gasteiger partial charge is 0.461 e. The second kappa shape index (κ2) is 5.00. The van der Waals surface area contributed by atoms with Crippen LogP contribution in [0.15, 0.2) is 41.0 Å². The number of carbonyl (C=O) groups is 1. The van der Waals surface area contributed by atoms with Gasteiger partial charge in [-0.15, -0.1) is 0 Å². The molecular weight excluding hydrogens is 212 g/mol. The zero-order valence-corrected chi connectivity index (χ0v) is 10.2. The van der Waals surface area contributed by atoms with Gasteiger partial charge in [-0.1, -0.05) is 26.0 Å².